The molecule has 6 rings (SSSR count). The fourth-order valence-corrected chi connectivity index (χ4v) is 6.53. The fourth-order valence-electron chi connectivity index (χ4n) is 5.05. The van der Waals surface area contributed by atoms with Crippen molar-refractivity contribution in [3.05, 3.63) is 115 Å². The van der Waals surface area contributed by atoms with Crippen LogP contribution >= 0.6 is 0 Å². The average molecular weight is 469 g/mol. The van der Waals surface area contributed by atoms with Gasteiger partial charge in [0.2, 0.25) is 0 Å². The van der Waals surface area contributed by atoms with E-state index in [1.165, 1.54) is 43.8 Å². The highest BCUT2D eigenvalue weighted by atomic mass is 28.3. The first-order valence-electron chi connectivity index (χ1n) is 12.2. The molecular formula is C32H28N2Si. The van der Waals surface area contributed by atoms with Crippen molar-refractivity contribution in [1.29, 1.82) is 0 Å². The molecule has 2 heterocycles. The minimum absolute atomic E-state index is 1.02. The highest BCUT2D eigenvalue weighted by Crippen LogP contribution is 2.35. The Morgan fingerprint density at radius 3 is 2.00 bits per heavy atom. The minimum Gasteiger partial charge on any atom is -0.309 e. The smallest absolute Gasteiger partial charge is 0.0804 e. The third kappa shape index (κ3) is 3.78. The van der Waals surface area contributed by atoms with Crippen LogP contribution in [0, 0.1) is 0 Å². The van der Waals surface area contributed by atoms with Crippen LogP contribution in [-0.2, 0) is 0 Å². The zero-order valence-electron chi connectivity index (χ0n) is 20.4. The van der Waals surface area contributed by atoms with Crippen LogP contribution in [0.4, 0.5) is 0 Å². The first kappa shape index (κ1) is 21.6. The second kappa shape index (κ2) is 8.37. The molecule has 2 nitrogen and oxygen atoms in total. The molecule has 0 bridgehead atoms. The Hall–Kier alpha value is -3.95. The van der Waals surface area contributed by atoms with Gasteiger partial charge in [-0.3, -0.25) is 4.98 Å². The average Bonchev–Trinajstić information content (AvgIpc) is 3.22. The van der Waals surface area contributed by atoms with E-state index in [9.17, 15) is 0 Å². The Balaban J connectivity index is 1.57. The summed E-state index contributed by atoms with van der Waals surface area (Å²) in [6.07, 6.45) is 2.13. The number of pyridine rings is 1. The van der Waals surface area contributed by atoms with Gasteiger partial charge in [0.25, 0.3) is 0 Å². The third-order valence-electron chi connectivity index (χ3n) is 6.78. The molecule has 3 heteroatoms. The van der Waals surface area contributed by atoms with Crippen LogP contribution in [0.15, 0.2) is 115 Å². The van der Waals surface area contributed by atoms with Crippen LogP contribution < -0.4 is 5.19 Å². The van der Waals surface area contributed by atoms with Crippen LogP contribution in [0.1, 0.15) is 0 Å². The number of benzene rings is 4. The van der Waals surface area contributed by atoms with Crippen LogP contribution in [0.5, 0.6) is 0 Å². The Labute approximate surface area is 207 Å². The number of rotatable bonds is 4. The number of para-hydroxylation sites is 2. The highest BCUT2D eigenvalue weighted by molar-refractivity contribution is 6.89. The van der Waals surface area contributed by atoms with E-state index in [0.717, 1.165) is 11.3 Å². The van der Waals surface area contributed by atoms with Crippen molar-refractivity contribution in [2.75, 3.05) is 0 Å². The van der Waals surface area contributed by atoms with Gasteiger partial charge in [-0.2, -0.15) is 0 Å². The van der Waals surface area contributed by atoms with E-state index in [2.05, 4.69) is 140 Å². The molecule has 6 aromatic rings. The second-order valence-corrected chi connectivity index (χ2v) is 15.2. The van der Waals surface area contributed by atoms with Crippen molar-refractivity contribution in [3.8, 4) is 28.1 Å². The minimum atomic E-state index is -1.56. The quantitative estimate of drug-likeness (QED) is 0.239. The molecule has 0 saturated carbocycles. The van der Waals surface area contributed by atoms with Crippen molar-refractivity contribution >= 4 is 35.1 Å². The maximum Gasteiger partial charge on any atom is 0.0804 e. The summed E-state index contributed by atoms with van der Waals surface area (Å²) in [5, 5.41) is 3.91. The van der Waals surface area contributed by atoms with Gasteiger partial charge in [-0.25, -0.2) is 0 Å². The SMILES string of the molecule is C[Si](C)(C)c1cnc(-c2ccc3c(c2)c2ccccc2n3-c2ccccc2)cc1-c1ccccc1. The predicted molar refractivity (Wildman–Crippen MR) is 152 cm³/mol. The fraction of sp³-hybridized carbons (Fsp3) is 0.0938. The van der Waals surface area contributed by atoms with Crippen molar-refractivity contribution in [2.24, 2.45) is 0 Å². The van der Waals surface area contributed by atoms with Crippen LogP contribution in [0.2, 0.25) is 19.6 Å². The molecule has 0 aliphatic heterocycles. The van der Waals surface area contributed by atoms with E-state index in [1.807, 2.05) is 0 Å². The second-order valence-electron chi connectivity index (χ2n) is 10.2. The van der Waals surface area contributed by atoms with E-state index in [1.54, 1.807) is 0 Å². The number of aromatic nitrogens is 2. The molecule has 2 aromatic heterocycles. The van der Waals surface area contributed by atoms with Gasteiger partial charge in [0.15, 0.2) is 0 Å². The van der Waals surface area contributed by atoms with Gasteiger partial charge in [-0.1, -0.05) is 92.4 Å². The molecule has 0 unspecified atom stereocenters. The van der Waals surface area contributed by atoms with Gasteiger partial charge in [0.1, 0.15) is 0 Å². The Kier molecular flexibility index (Phi) is 5.16. The Morgan fingerprint density at radius 2 is 1.26 bits per heavy atom. The molecule has 4 aromatic carbocycles. The Bertz CT molecular complexity index is 1660. The van der Waals surface area contributed by atoms with E-state index in [4.69, 9.17) is 4.98 Å². The molecule has 0 aliphatic carbocycles. The van der Waals surface area contributed by atoms with E-state index in [-0.39, 0.29) is 0 Å². The van der Waals surface area contributed by atoms with Crippen molar-refractivity contribution in [1.82, 2.24) is 9.55 Å². The monoisotopic (exact) mass is 468 g/mol. The third-order valence-corrected chi connectivity index (χ3v) is 8.79. The molecule has 35 heavy (non-hydrogen) atoms. The largest absolute Gasteiger partial charge is 0.309 e. The summed E-state index contributed by atoms with van der Waals surface area (Å²) in [7, 11) is -1.56. The standard InChI is InChI=1S/C32H28N2Si/c1-35(2,3)32-22-33-29(21-27(32)23-12-6-4-7-13-23)24-18-19-31-28(20-24)26-16-10-11-17-30(26)34(31)25-14-8-5-9-15-25/h4-22H,1-3H3. The summed E-state index contributed by atoms with van der Waals surface area (Å²) in [6.45, 7) is 7.17. The molecule has 0 amide bonds. The number of hydrogen-bond acceptors (Lipinski definition) is 1. The molecule has 0 aliphatic rings. The number of nitrogens with zero attached hydrogens (tertiary/aromatic N) is 2. The zero-order valence-corrected chi connectivity index (χ0v) is 21.4. The summed E-state index contributed by atoms with van der Waals surface area (Å²) in [6, 6.07) is 39.1. The maximum absolute atomic E-state index is 4.98. The predicted octanol–water partition coefficient (Wildman–Crippen LogP) is 8.06. The summed E-state index contributed by atoms with van der Waals surface area (Å²) in [5.41, 5.74) is 8.34. The molecule has 170 valence electrons. The zero-order chi connectivity index (χ0) is 24.0. The topological polar surface area (TPSA) is 17.8 Å². The van der Waals surface area contributed by atoms with Gasteiger partial charge >= 0.3 is 0 Å². The van der Waals surface area contributed by atoms with Gasteiger partial charge in [0, 0.05) is 28.2 Å². The van der Waals surface area contributed by atoms with Crippen molar-refractivity contribution in [3.63, 3.8) is 0 Å². The summed E-state index contributed by atoms with van der Waals surface area (Å²) in [5.74, 6) is 0. The van der Waals surface area contributed by atoms with Gasteiger partial charge in [0.05, 0.1) is 24.8 Å². The first-order valence-corrected chi connectivity index (χ1v) is 15.7. The highest BCUT2D eigenvalue weighted by Gasteiger charge is 2.22. The lowest BCUT2D eigenvalue weighted by Crippen LogP contribution is -2.39. The lowest BCUT2D eigenvalue weighted by molar-refractivity contribution is 1.18. The van der Waals surface area contributed by atoms with Gasteiger partial charge < -0.3 is 4.57 Å². The molecule has 0 radical (unpaired) electrons. The van der Waals surface area contributed by atoms with E-state index < -0.39 is 8.07 Å². The van der Waals surface area contributed by atoms with Crippen LogP contribution in [0.25, 0.3) is 49.9 Å². The van der Waals surface area contributed by atoms with Crippen molar-refractivity contribution < 1.29 is 0 Å². The summed E-state index contributed by atoms with van der Waals surface area (Å²) < 4.78 is 2.35. The Morgan fingerprint density at radius 1 is 0.600 bits per heavy atom. The summed E-state index contributed by atoms with van der Waals surface area (Å²) >= 11 is 0. The van der Waals surface area contributed by atoms with Gasteiger partial charge in [-0.05, 0) is 52.7 Å². The van der Waals surface area contributed by atoms with Crippen LogP contribution in [0.3, 0.4) is 0 Å². The van der Waals surface area contributed by atoms with E-state index in [0.29, 0.717) is 0 Å². The van der Waals surface area contributed by atoms with Crippen molar-refractivity contribution in [2.45, 2.75) is 19.6 Å². The molecule has 0 spiro atoms. The first-order chi connectivity index (χ1) is 17.0. The molecule has 0 saturated heterocycles. The lowest BCUT2D eigenvalue weighted by Gasteiger charge is -2.21. The molecular weight excluding hydrogens is 440 g/mol. The molecule has 0 atom stereocenters. The number of fused-ring (bicyclic) bond motifs is 3. The molecule has 0 fully saturated rings. The number of hydrogen-bond donors (Lipinski definition) is 0. The van der Waals surface area contributed by atoms with Crippen LogP contribution in [-0.4, -0.2) is 17.6 Å². The summed E-state index contributed by atoms with van der Waals surface area (Å²) in [4.78, 5) is 4.98. The normalized spacial score (nSPS) is 11.9. The van der Waals surface area contributed by atoms with Gasteiger partial charge in [-0.15, -0.1) is 0 Å². The maximum atomic E-state index is 4.98. The molecule has 0 N–H and O–H groups in total. The lowest BCUT2D eigenvalue weighted by atomic mass is 10.0. The van der Waals surface area contributed by atoms with E-state index >= 15 is 0 Å².